The molecule has 0 spiro atoms. The Hall–Kier alpha value is -1.07. The van der Waals surface area contributed by atoms with Crippen LogP contribution in [0.15, 0.2) is 24.3 Å². The maximum Gasteiger partial charge on any atom is 0.0644 e. The summed E-state index contributed by atoms with van der Waals surface area (Å²) in [4.78, 5) is 0. The van der Waals surface area contributed by atoms with E-state index in [0.717, 1.165) is 0 Å². The Morgan fingerprint density at radius 2 is 2.06 bits per heavy atom. The maximum atomic E-state index is 9.08. The molecule has 2 nitrogen and oxygen atoms in total. The Bertz CT molecular complexity index is 344. The summed E-state index contributed by atoms with van der Waals surface area (Å²) < 4.78 is 0. The first kappa shape index (κ1) is 12.4. The highest BCUT2D eigenvalue weighted by Gasteiger charge is 2.35. The number of nitrogens with zero attached hydrogens (tertiary/aromatic N) is 1. The van der Waals surface area contributed by atoms with E-state index in [-0.39, 0.29) is 5.54 Å². The molecule has 2 rings (SSSR count). The predicted octanol–water partition coefficient (Wildman–Crippen LogP) is 3.32. The second-order valence-corrected chi connectivity index (χ2v) is 5.39. The topological polar surface area (TPSA) is 35.8 Å². The van der Waals surface area contributed by atoms with Crippen molar-refractivity contribution in [3.63, 3.8) is 0 Å². The van der Waals surface area contributed by atoms with Crippen molar-refractivity contribution >= 4 is 0 Å². The molecular formula is C15H22N2. The van der Waals surface area contributed by atoms with Crippen molar-refractivity contribution in [1.82, 2.24) is 5.32 Å². The van der Waals surface area contributed by atoms with E-state index in [1.54, 1.807) is 0 Å². The van der Waals surface area contributed by atoms with Gasteiger partial charge in [-0.3, -0.25) is 0 Å². The summed E-state index contributed by atoms with van der Waals surface area (Å²) in [6, 6.07) is 2.94. The van der Waals surface area contributed by atoms with Gasteiger partial charge in [0.05, 0.1) is 18.0 Å². The van der Waals surface area contributed by atoms with Crippen LogP contribution in [-0.4, -0.2) is 11.6 Å². The third-order valence-corrected chi connectivity index (χ3v) is 4.17. The molecule has 92 valence electrons. The van der Waals surface area contributed by atoms with Crippen molar-refractivity contribution in [2.75, 3.05) is 0 Å². The van der Waals surface area contributed by atoms with Crippen LogP contribution in [0.5, 0.6) is 0 Å². The van der Waals surface area contributed by atoms with E-state index in [9.17, 15) is 0 Å². The first-order chi connectivity index (χ1) is 8.27. The average Bonchev–Trinajstić information content (AvgIpc) is 2.35. The summed E-state index contributed by atoms with van der Waals surface area (Å²) >= 11 is 0. The second-order valence-electron chi connectivity index (χ2n) is 5.39. The zero-order valence-corrected chi connectivity index (χ0v) is 10.7. The number of nitrogens with one attached hydrogen (secondary N) is 1. The normalized spacial score (nSPS) is 33.5. The SMILES string of the molecule is CC1C=CC=CC1(CC#N)NC1CCCCC1. The molecule has 2 unspecified atom stereocenters. The largest absolute Gasteiger partial charge is 0.304 e. The molecule has 1 fully saturated rings. The monoisotopic (exact) mass is 230 g/mol. The maximum absolute atomic E-state index is 9.08. The predicted molar refractivity (Wildman–Crippen MR) is 70.4 cm³/mol. The van der Waals surface area contributed by atoms with Crippen LogP contribution >= 0.6 is 0 Å². The highest BCUT2D eigenvalue weighted by atomic mass is 15.0. The fraction of sp³-hybridized carbons (Fsp3) is 0.667. The molecule has 0 aromatic carbocycles. The Kier molecular flexibility index (Phi) is 4.02. The fourth-order valence-electron chi connectivity index (χ4n) is 2.99. The highest BCUT2D eigenvalue weighted by molar-refractivity contribution is 5.26. The van der Waals surface area contributed by atoms with E-state index >= 15 is 0 Å². The van der Waals surface area contributed by atoms with Gasteiger partial charge in [-0.2, -0.15) is 5.26 Å². The van der Waals surface area contributed by atoms with E-state index in [1.807, 2.05) is 0 Å². The first-order valence-electron chi connectivity index (χ1n) is 6.77. The molecule has 0 radical (unpaired) electrons. The minimum absolute atomic E-state index is 0.133. The fourth-order valence-corrected chi connectivity index (χ4v) is 2.99. The Labute approximate surface area is 104 Å². The second kappa shape index (κ2) is 5.51. The van der Waals surface area contributed by atoms with Gasteiger partial charge >= 0.3 is 0 Å². The van der Waals surface area contributed by atoms with Gasteiger partial charge in [0.1, 0.15) is 0 Å². The summed E-state index contributed by atoms with van der Waals surface area (Å²) in [5.74, 6) is 0.397. The summed E-state index contributed by atoms with van der Waals surface area (Å²) in [5, 5.41) is 12.8. The molecule has 0 aromatic rings. The van der Waals surface area contributed by atoms with Gasteiger partial charge in [0.2, 0.25) is 0 Å². The molecule has 0 heterocycles. The number of nitriles is 1. The Morgan fingerprint density at radius 3 is 2.71 bits per heavy atom. The molecule has 0 aromatic heterocycles. The van der Waals surface area contributed by atoms with Gasteiger partial charge in [-0.25, -0.2) is 0 Å². The third-order valence-electron chi connectivity index (χ3n) is 4.17. The van der Waals surface area contributed by atoms with Crippen molar-refractivity contribution in [2.24, 2.45) is 5.92 Å². The summed E-state index contributed by atoms with van der Waals surface area (Å²) in [5.41, 5.74) is -0.133. The number of allylic oxidation sites excluding steroid dienone is 2. The van der Waals surface area contributed by atoms with E-state index < -0.39 is 0 Å². The van der Waals surface area contributed by atoms with Gasteiger partial charge in [0.25, 0.3) is 0 Å². The molecule has 0 amide bonds. The van der Waals surface area contributed by atoms with Crippen molar-refractivity contribution in [3.05, 3.63) is 24.3 Å². The molecule has 0 saturated heterocycles. The average molecular weight is 230 g/mol. The minimum atomic E-state index is -0.133. The summed E-state index contributed by atoms with van der Waals surface area (Å²) in [6.07, 6.45) is 15.7. The van der Waals surface area contributed by atoms with Crippen molar-refractivity contribution in [3.8, 4) is 6.07 Å². The van der Waals surface area contributed by atoms with E-state index in [0.29, 0.717) is 18.4 Å². The van der Waals surface area contributed by atoms with Crippen LogP contribution in [0.1, 0.15) is 45.4 Å². The van der Waals surface area contributed by atoms with Crippen LogP contribution in [0.2, 0.25) is 0 Å². The molecule has 1 N–H and O–H groups in total. The van der Waals surface area contributed by atoms with Crippen LogP contribution < -0.4 is 5.32 Å². The van der Waals surface area contributed by atoms with Crippen molar-refractivity contribution in [1.29, 1.82) is 5.26 Å². The molecule has 17 heavy (non-hydrogen) atoms. The zero-order valence-electron chi connectivity index (χ0n) is 10.7. The zero-order chi connectivity index (χ0) is 12.1. The lowest BCUT2D eigenvalue weighted by Gasteiger charge is -2.40. The Morgan fingerprint density at radius 1 is 1.29 bits per heavy atom. The lowest BCUT2D eigenvalue weighted by molar-refractivity contribution is 0.250. The molecule has 2 heteroatoms. The van der Waals surface area contributed by atoms with E-state index in [4.69, 9.17) is 5.26 Å². The molecule has 2 aliphatic rings. The molecule has 2 atom stereocenters. The number of rotatable bonds is 3. The van der Waals surface area contributed by atoms with Crippen LogP contribution in [0.4, 0.5) is 0 Å². The lowest BCUT2D eigenvalue weighted by atomic mass is 9.78. The van der Waals surface area contributed by atoms with Crippen LogP contribution in [0.3, 0.4) is 0 Å². The van der Waals surface area contributed by atoms with E-state index in [2.05, 4.69) is 42.6 Å². The summed E-state index contributed by atoms with van der Waals surface area (Å²) in [7, 11) is 0. The van der Waals surface area contributed by atoms with Gasteiger partial charge in [-0.05, 0) is 18.8 Å². The minimum Gasteiger partial charge on any atom is -0.304 e. The van der Waals surface area contributed by atoms with Crippen LogP contribution in [0.25, 0.3) is 0 Å². The van der Waals surface area contributed by atoms with Crippen molar-refractivity contribution in [2.45, 2.75) is 57.0 Å². The van der Waals surface area contributed by atoms with Crippen molar-refractivity contribution < 1.29 is 0 Å². The quantitative estimate of drug-likeness (QED) is 0.807. The third kappa shape index (κ3) is 2.79. The number of hydrogen-bond donors (Lipinski definition) is 1. The first-order valence-corrected chi connectivity index (χ1v) is 6.77. The summed E-state index contributed by atoms with van der Waals surface area (Å²) in [6.45, 7) is 2.20. The van der Waals surface area contributed by atoms with Gasteiger partial charge in [0, 0.05) is 6.04 Å². The highest BCUT2D eigenvalue weighted by Crippen LogP contribution is 2.30. The van der Waals surface area contributed by atoms with Crippen LogP contribution in [-0.2, 0) is 0 Å². The van der Waals surface area contributed by atoms with Crippen LogP contribution in [0, 0.1) is 17.2 Å². The lowest BCUT2D eigenvalue weighted by Crippen LogP contribution is -2.53. The van der Waals surface area contributed by atoms with Gasteiger partial charge < -0.3 is 5.32 Å². The smallest absolute Gasteiger partial charge is 0.0644 e. The van der Waals surface area contributed by atoms with Gasteiger partial charge in [0.15, 0.2) is 0 Å². The molecule has 1 saturated carbocycles. The van der Waals surface area contributed by atoms with E-state index in [1.165, 1.54) is 32.1 Å². The number of hydrogen-bond acceptors (Lipinski definition) is 2. The Balaban J connectivity index is 2.08. The molecule has 0 bridgehead atoms. The van der Waals surface area contributed by atoms with Gasteiger partial charge in [-0.1, -0.05) is 50.5 Å². The molecule has 2 aliphatic carbocycles. The standard InChI is InChI=1S/C15H22N2/c1-13-7-5-6-10-15(13,11-12-16)17-14-8-3-2-4-9-14/h5-7,10,13-14,17H,2-4,8-9,11H2,1H3. The molecule has 0 aliphatic heterocycles. The van der Waals surface area contributed by atoms with Gasteiger partial charge in [-0.15, -0.1) is 0 Å². The molecular weight excluding hydrogens is 208 g/mol.